The third-order valence-electron chi connectivity index (χ3n) is 4.65. The first-order chi connectivity index (χ1) is 14.9. The Morgan fingerprint density at radius 1 is 1.13 bits per heavy atom. The van der Waals surface area contributed by atoms with Crippen molar-refractivity contribution in [1.82, 2.24) is 19.7 Å². The lowest BCUT2D eigenvalue weighted by Gasteiger charge is -2.18. The van der Waals surface area contributed by atoms with Crippen molar-refractivity contribution in [2.75, 3.05) is 11.1 Å². The monoisotopic (exact) mass is 435 g/mol. The van der Waals surface area contributed by atoms with E-state index in [0.29, 0.717) is 21.9 Å². The Bertz CT molecular complexity index is 1310. The van der Waals surface area contributed by atoms with Crippen LogP contribution in [0.1, 0.15) is 31.2 Å². The minimum absolute atomic E-state index is 0.0239. The Hall–Kier alpha value is -3.46. The molecule has 1 amide bonds. The fourth-order valence-electron chi connectivity index (χ4n) is 3.23. The maximum atomic E-state index is 13.4. The van der Waals surface area contributed by atoms with Crippen molar-refractivity contribution in [3.8, 4) is 5.69 Å². The van der Waals surface area contributed by atoms with Gasteiger partial charge < -0.3 is 4.52 Å². The van der Waals surface area contributed by atoms with Gasteiger partial charge in [0, 0.05) is 0 Å². The number of nitrogens with zero attached hydrogens (tertiary/aromatic N) is 4. The Balaban J connectivity index is 1.75. The summed E-state index contributed by atoms with van der Waals surface area (Å²) in [4.78, 5) is 34.5. The minimum atomic E-state index is -0.334. The van der Waals surface area contributed by atoms with E-state index in [1.165, 1.54) is 11.8 Å². The fraction of sp³-hybridized carbons (Fsp3) is 0.227. The molecule has 0 bridgehead atoms. The maximum absolute atomic E-state index is 13.4. The Morgan fingerprint density at radius 2 is 1.87 bits per heavy atom. The normalized spacial score (nSPS) is 11.2. The zero-order valence-corrected chi connectivity index (χ0v) is 18.1. The maximum Gasteiger partial charge on any atom is 0.328 e. The van der Waals surface area contributed by atoms with Crippen molar-refractivity contribution in [2.45, 2.75) is 31.8 Å². The number of nitrogens with one attached hydrogen (secondary N) is 1. The van der Waals surface area contributed by atoms with Gasteiger partial charge in [0.25, 0.3) is 5.56 Å². The highest BCUT2D eigenvalue weighted by Gasteiger charge is 2.18. The van der Waals surface area contributed by atoms with Crippen molar-refractivity contribution in [3.05, 3.63) is 70.3 Å². The molecule has 2 aromatic carbocycles. The standard InChI is InChI=1S/C22H21N5O3S/c1-13(2)15-8-5-7-11-18(15)27-20(29)16-9-4-6-10-17(16)24-22(27)31-12-19(28)25-21-23-14(3)26-30-21/h4-11,13H,12H2,1-3H3,(H,23,25,26,28). The zero-order valence-electron chi connectivity index (χ0n) is 17.3. The number of carbonyl (C=O) groups excluding carboxylic acids is 1. The first-order valence-electron chi connectivity index (χ1n) is 9.78. The van der Waals surface area contributed by atoms with Gasteiger partial charge in [-0.25, -0.2) is 4.98 Å². The Labute approximate surface area is 182 Å². The smallest absolute Gasteiger partial charge is 0.315 e. The van der Waals surface area contributed by atoms with E-state index in [-0.39, 0.29) is 29.2 Å². The zero-order chi connectivity index (χ0) is 22.0. The summed E-state index contributed by atoms with van der Waals surface area (Å²) in [6.07, 6.45) is 0. The Morgan fingerprint density at radius 3 is 2.61 bits per heavy atom. The third kappa shape index (κ3) is 4.36. The lowest BCUT2D eigenvalue weighted by molar-refractivity contribution is -0.114. The van der Waals surface area contributed by atoms with E-state index in [1.54, 1.807) is 23.6 Å². The summed E-state index contributed by atoms with van der Waals surface area (Å²) in [6.45, 7) is 5.81. The SMILES string of the molecule is Cc1noc(NC(=O)CSc2nc3ccccc3c(=O)n2-c2ccccc2C(C)C)n1. The van der Waals surface area contributed by atoms with Crippen LogP contribution in [0.4, 0.5) is 6.01 Å². The van der Waals surface area contributed by atoms with E-state index < -0.39 is 0 Å². The number of aromatic nitrogens is 4. The molecule has 2 heterocycles. The first-order valence-corrected chi connectivity index (χ1v) is 10.8. The second-order valence-electron chi connectivity index (χ2n) is 7.25. The van der Waals surface area contributed by atoms with Crippen LogP contribution in [0.3, 0.4) is 0 Å². The van der Waals surface area contributed by atoms with Crippen LogP contribution in [0.5, 0.6) is 0 Å². The molecule has 0 spiro atoms. The molecule has 0 radical (unpaired) electrons. The van der Waals surface area contributed by atoms with E-state index in [4.69, 9.17) is 9.51 Å². The molecule has 158 valence electrons. The van der Waals surface area contributed by atoms with E-state index in [9.17, 15) is 9.59 Å². The number of aryl methyl sites for hydroxylation is 1. The summed E-state index contributed by atoms with van der Waals surface area (Å²) in [5.41, 5.74) is 2.20. The van der Waals surface area contributed by atoms with Crippen LogP contribution in [0.2, 0.25) is 0 Å². The van der Waals surface area contributed by atoms with Crippen LogP contribution in [-0.4, -0.2) is 31.4 Å². The van der Waals surface area contributed by atoms with Gasteiger partial charge in [-0.3, -0.25) is 19.5 Å². The second kappa shape index (κ2) is 8.73. The molecule has 0 aliphatic heterocycles. The molecule has 9 heteroatoms. The van der Waals surface area contributed by atoms with Crippen LogP contribution < -0.4 is 10.9 Å². The van der Waals surface area contributed by atoms with Crippen molar-refractivity contribution in [3.63, 3.8) is 0 Å². The molecule has 8 nitrogen and oxygen atoms in total. The molecule has 2 aromatic heterocycles. The van der Waals surface area contributed by atoms with Crippen molar-refractivity contribution >= 4 is 34.6 Å². The third-order valence-corrected chi connectivity index (χ3v) is 5.59. The first kappa shape index (κ1) is 20.8. The highest BCUT2D eigenvalue weighted by molar-refractivity contribution is 7.99. The molecule has 0 aliphatic rings. The molecule has 0 aliphatic carbocycles. The van der Waals surface area contributed by atoms with Crippen LogP contribution in [0.15, 0.2) is 63.0 Å². The number of amides is 1. The predicted octanol–water partition coefficient (Wildman–Crippen LogP) is 3.93. The molecule has 4 rings (SSSR count). The summed E-state index contributed by atoms with van der Waals surface area (Å²) < 4.78 is 6.52. The van der Waals surface area contributed by atoms with Gasteiger partial charge in [0.2, 0.25) is 5.91 Å². The van der Waals surface area contributed by atoms with E-state index in [2.05, 4.69) is 29.3 Å². The lowest BCUT2D eigenvalue weighted by Crippen LogP contribution is -2.24. The van der Waals surface area contributed by atoms with Gasteiger partial charge in [0.05, 0.1) is 22.3 Å². The molecular weight excluding hydrogens is 414 g/mol. The molecule has 1 N–H and O–H groups in total. The number of thioether (sulfide) groups is 1. The molecular formula is C22H21N5O3S. The van der Waals surface area contributed by atoms with Gasteiger partial charge in [0.1, 0.15) is 0 Å². The summed E-state index contributed by atoms with van der Waals surface area (Å²) in [5, 5.41) is 7.17. The molecule has 0 fully saturated rings. The van der Waals surface area contributed by atoms with Gasteiger partial charge in [-0.1, -0.05) is 61.1 Å². The van der Waals surface area contributed by atoms with Gasteiger partial charge in [-0.2, -0.15) is 4.98 Å². The van der Waals surface area contributed by atoms with E-state index >= 15 is 0 Å². The number of para-hydroxylation sites is 2. The van der Waals surface area contributed by atoms with Crippen LogP contribution in [0, 0.1) is 6.92 Å². The summed E-state index contributed by atoms with van der Waals surface area (Å²) in [7, 11) is 0. The molecule has 4 aromatic rings. The topological polar surface area (TPSA) is 103 Å². The number of rotatable bonds is 6. The quantitative estimate of drug-likeness (QED) is 0.361. The van der Waals surface area contributed by atoms with E-state index in [0.717, 1.165) is 11.3 Å². The van der Waals surface area contributed by atoms with Gasteiger partial charge in [-0.05, 0) is 36.6 Å². The van der Waals surface area contributed by atoms with Crippen LogP contribution >= 0.6 is 11.8 Å². The van der Waals surface area contributed by atoms with Gasteiger partial charge >= 0.3 is 6.01 Å². The van der Waals surface area contributed by atoms with Crippen LogP contribution in [-0.2, 0) is 4.79 Å². The molecule has 0 unspecified atom stereocenters. The summed E-state index contributed by atoms with van der Waals surface area (Å²) in [6, 6.07) is 15.0. The average molecular weight is 436 g/mol. The van der Waals surface area contributed by atoms with Gasteiger partial charge in [-0.15, -0.1) is 0 Å². The summed E-state index contributed by atoms with van der Waals surface area (Å²) >= 11 is 1.18. The van der Waals surface area contributed by atoms with Gasteiger partial charge in [0.15, 0.2) is 11.0 Å². The molecule has 0 saturated heterocycles. The number of hydrogen-bond acceptors (Lipinski definition) is 7. The second-order valence-corrected chi connectivity index (χ2v) is 8.19. The fourth-order valence-corrected chi connectivity index (χ4v) is 4.04. The minimum Gasteiger partial charge on any atom is -0.315 e. The predicted molar refractivity (Wildman–Crippen MR) is 120 cm³/mol. The lowest BCUT2D eigenvalue weighted by atomic mass is 10.0. The largest absolute Gasteiger partial charge is 0.328 e. The summed E-state index contributed by atoms with van der Waals surface area (Å²) in [5.74, 6) is 0.324. The number of carbonyl (C=O) groups is 1. The van der Waals surface area contributed by atoms with E-state index in [1.807, 2.05) is 36.4 Å². The molecule has 0 saturated carbocycles. The van der Waals surface area contributed by atoms with Crippen molar-refractivity contribution < 1.29 is 9.32 Å². The number of anilines is 1. The average Bonchev–Trinajstić information content (AvgIpc) is 3.17. The molecule has 31 heavy (non-hydrogen) atoms. The Kier molecular flexibility index (Phi) is 5.85. The number of fused-ring (bicyclic) bond motifs is 1. The molecule has 0 atom stereocenters. The van der Waals surface area contributed by atoms with Crippen LogP contribution in [0.25, 0.3) is 16.6 Å². The highest BCUT2D eigenvalue weighted by atomic mass is 32.2. The number of benzene rings is 2. The number of hydrogen-bond donors (Lipinski definition) is 1. The van der Waals surface area contributed by atoms with Crippen molar-refractivity contribution in [1.29, 1.82) is 0 Å². The highest BCUT2D eigenvalue weighted by Crippen LogP contribution is 2.27. The van der Waals surface area contributed by atoms with Crippen molar-refractivity contribution in [2.24, 2.45) is 0 Å².